The number of likely N-dealkylation sites (tertiary alicyclic amines) is 1. The lowest BCUT2D eigenvalue weighted by atomic mass is 10.0. The Balaban J connectivity index is 1.37. The summed E-state index contributed by atoms with van der Waals surface area (Å²) in [6.45, 7) is 11.3. The highest BCUT2D eigenvalue weighted by Gasteiger charge is 2.23. The molecule has 4 aromatic heterocycles. The number of aromatic nitrogens is 3. The van der Waals surface area contributed by atoms with Gasteiger partial charge in [0.1, 0.15) is 12.4 Å². The fraction of sp³-hybridized carbons (Fsp3) is 0.462. The molecule has 0 radical (unpaired) electrons. The molecule has 0 amide bonds. The Morgan fingerprint density at radius 2 is 1.91 bits per heavy atom. The lowest BCUT2D eigenvalue weighted by Crippen LogP contribution is -2.34. The second-order valence-electron chi connectivity index (χ2n) is 10.7. The minimum atomic E-state index is -1.13. The number of piperidine rings is 1. The number of pyridine rings is 2. The molecule has 1 fully saturated rings. The van der Waals surface area contributed by atoms with Crippen molar-refractivity contribution in [1.29, 1.82) is 0 Å². The number of halogens is 1. The van der Waals surface area contributed by atoms with Crippen LogP contribution in [0.1, 0.15) is 23.8 Å². The zero-order chi connectivity index (χ0) is 24.6. The molecule has 5 rings (SSSR count). The van der Waals surface area contributed by atoms with E-state index in [4.69, 9.17) is 16.3 Å². The summed E-state index contributed by atoms with van der Waals surface area (Å²) in [5.74, 6) is 0. The van der Waals surface area contributed by atoms with Crippen molar-refractivity contribution in [2.24, 2.45) is 0 Å². The van der Waals surface area contributed by atoms with Crippen molar-refractivity contribution in [1.82, 2.24) is 19.0 Å². The van der Waals surface area contributed by atoms with Gasteiger partial charge in [-0.3, -0.25) is 9.69 Å². The Morgan fingerprint density at radius 3 is 2.63 bits per heavy atom. The number of hydrogen-bond acceptors (Lipinski definition) is 5. The van der Waals surface area contributed by atoms with Gasteiger partial charge in [-0.1, -0.05) is 31.2 Å². The molecule has 0 N–H and O–H groups in total. The zero-order valence-corrected chi connectivity index (χ0v) is 23.2. The first-order chi connectivity index (χ1) is 16.8. The van der Waals surface area contributed by atoms with Gasteiger partial charge in [-0.25, -0.2) is 4.98 Å². The second kappa shape index (κ2) is 10.2. The first-order valence-electron chi connectivity index (χ1n) is 12.3. The predicted octanol–water partition coefficient (Wildman–Crippen LogP) is 6.22. The van der Waals surface area contributed by atoms with Gasteiger partial charge >= 0.3 is 0 Å². The summed E-state index contributed by atoms with van der Waals surface area (Å²) in [6.07, 6.45) is 7.83. The molecule has 0 aromatic carbocycles. The third kappa shape index (κ3) is 5.57. The molecule has 35 heavy (non-hydrogen) atoms. The van der Waals surface area contributed by atoms with Crippen LogP contribution >= 0.6 is 22.9 Å². The van der Waals surface area contributed by atoms with E-state index in [-0.39, 0.29) is 5.43 Å². The highest BCUT2D eigenvalue weighted by Crippen LogP contribution is 2.31. The van der Waals surface area contributed by atoms with Crippen LogP contribution in [0.25, 0.3) is 21.9 Å². The van der Waals surface area contributed by atoms with Gasteiger partial charge < -0.3 is 13.9 Å². The topological polar surface area (TPSA) is 52.3 Å². The molecule has 6 nitrogen and oxygen atoms in total. The Labute approximate surface area is 216 Å². The average molecular weight is 529 g/mol. The van der Waals surface area contributed by atoms with Gasteiger partial charge in [0.25, 0.3) is 0 Å². The lowest BCUT2D eigenvalue weighted by Gasteiger charge is -2.33. The van der Waals surface area contributed by atoms with Crippen molar-refractivity contribution in [2.75, 3.05) is 19.7 Å². The maximum Gasteiger partial charge on any atom is 0.190 e. The minimum absolute atomic E-state index is 0.0248. The first-order valence-corrected chi connectivity index (χ1v) is 17.2. The van der Waals surface area contributed by atoms with Crippen molar-refractivity contribution in [3.8, 4) is 0 Å². The number of hydrogen-bond donors (Lipinski definition) is 0. The first kappa shape index (κ1) is 24.7. The molecule has 0 unspecified atom stereocenters. The molecule has 0 aliphatic carbocycles. The Hall–Kier alpha value is -1.97. The van der Waals surface area contributed by atoms with Crippen LogP contribution in [0, 0.1) is 0 Å². The van der Waals surface area contributed by atoms with Crippen LogP contribution in [0.5, 0.6) is 0 Å². The average Bonchev–Trinajstić information content (AvgIpc) is 3.43. The molecule has 1 aliphatic rings. The number of rotatable bonds is 8. The van der Waals surface area contributed by atoms with Crippen LogP contribution in [0.3, 0.4) is 0 Å². The second-order valence-corrected chi connectivity index (χ2v) is 18.1. The maximum absolute atomic E-state index is 12.7. The van der Waals surface area contributed by atoms with Gasteiger partial charge in [0.2, 0.25) is 0 Å². The number of nitrogens with zero attached hydrogens (tertiary/aromatic N) is 4. The molecule has 0 atom stereocenters. The van der Waals surface area contributed by atoms with Gasteiger partial charge in [-0.15, -0.1) is 11.3 Å². The van der Waals surface area contributed by atoms with E-state index in [0.29, 0.717) is 18.2 Å². The van der Waals surface area contributed by atoms with Crippen LogP contribution < -0.4 is 5.43 Å². The molecule has 4 aromatic rings. The van der Waals surface area contributed by atoms with Crippen molar-refractivity contribution >= 4 is 52.9 Å². The SMILES string of the molecule is C[Si](C)(C)CCOCn1ccc2c1ncc1c(=O)ccn(C3CCN(Cc4ccc(Cl)s4)CC3)c12. The van der Waals surface area contributed by atoms with E-state index in [1.54, 1.807) is 23.6 Å². The van der Waals surface area contributed by atoms with Crippen molar-refractivity contribution < 1.29 is 4.74 Å². The third-order valence-electron chi connectivity index (χ3n) is 6.86. The summed E-state index contributed by atoms with van der Waals surface area (Å²) in [5, 5.41) is 1.71. The predicted molar refractivity (Wildman–Crippen MR) is 148 cm³/mol. The molecule has 0 saturated carbocycles. The Bertz CT molecular complexity index is 1380. The van der Waals surface area contributed by atoms with Gasteiger partial charge in [0.05, 0.1) is 15.2 Å². The van der Waals surface area contributed by atoms with Crippen LogP contribution in [-0.2, 0) is 18.0 Å². The largest absolute Gasteiger partial charge is 0.361 e. The Kier molecular flexibility index (Phi) is 7.19. The molecule has 0 bridgehead atoms. The van der Waals surface area contributed by atoms with E-state index < -0.39 is 8.07 Å². The van der Waals surface area contributed by atoms with Crippen LogP contribution in [0.15, 0.2) is 47.7 Å². The molecular formula is C26H33ClN4O2SSi. The fourth-order valence-corrected chi connectivity index (χ4v) is 6.74. The summed E-state index contributed by atoms with van der Waals surface area (Å²) in [7, 11) is -1.13. The van der Waals surface area contributed by atoms with E-state index in [2.05, 4.69) is 50.8 Å². The molecule has 1 saturated heterocycles. The van der Waals surface area contributed by atoms with Crippen LogP contribution in [0.2, 0.25) is 30.0 Å². The normalized spacial score (nSPS) is 16.0. The smallest absolute Gasteiger partial charge is 0.190 e. The van der Waals surface area contributed by atoms with E-state index in [1.807, 2.05) is 18.5 Å². The summed E-state index contributed by atoms with van der Waals surface area (Å²) in [5.41, 5.74) is 1.89. The van der Waals surface area contributed by atoms with Crippen LogP contribution in [0.4, 0.5) is 0 Å². The summed E-state index contributed by atoms with van der Waals surface area (Å²) in [4.78, 5) is 21.2. The van der Waals surface area contributed by atoms with E-state index >= 15 is 0 Å². The number of fused-ring (bicyclic) bond motifs is 3. The van der Waals surface area contributed by atoms with Crippen molar-refractivity contribution in [3.05, 3.63) is 62.3 Å². The molecular weight excluding hydrogens is 496 g/mol. The van der Waals surface area contributed by atoms with Gasteiger partial charge in [0.15, 0.2) is 5.43 Å². The van der Waals surface area contributed by atoms with Gasteiger partial charge in [0, 0.05) is 75.3 Å². The monoisotopic (exact) mass is 528 g/mol. The molecule has 1 aliphatic heterocycles. The van der Waals surface area contributed by atoms with E-state index in [1.165, 1.54) is 4.88 Å². The fourth-order valence-electron chi connectivity index (χ4n) is 4.86. The summed E-state index contributed by atoms with van der Waals surface area (Å²) < 4.78 is 11.2. The Morgan fingerprint density at radius 1 is 1.11 bits per heavy atom. The molecule has 9 heteroatoms. The highest BCUT2D eigenvalue weighted by atomic mass is 35.5. The number of ether oxygens (including phenoxy) is 1. The standard InChI is InChI=1S/C26H33ClN4O2SSi/c1-35(2,3)15-14-33-18-30-12-8-21-25-22(16-28-26(21)30)23(32)9-13-31(25)19-6-10-29(11-7-19)17-20-4-5-24(27)34-20/h4-5,8-9,12-13,16,19H,6-7,10-11,14-15,17-18H2,1-3H3. The number of thiophene rings is 1. The molecule has 5 heterocycles. The lowest BCUT2D eigenvalue weighted by molar-refractivity contribution is 0.0899. The highest BCUT2D eigenvalue weighted by molar-refractivity contribution is 7.16. The summed E-state index contributed by atoms with van der Waals surface area (Å²) >= 11 is 7.77. The molecule has 0 spiro atoms. The maximum atomic E-state index is 12.7. The van der Waals surface area contributed by atoms with E-state index in [9.17, 15) is 4.79 Å². The van der Waals surface area contributed by atoms with Crippen molar-refractivity contribution in [2.45, 2.75) is 57.8 Å². The van der Waals surface area contributed by atoms with Crippen molar-refractivity contribution in [3.63, 3.8) is 0 Å². The zero-order valence-electron chi connectivity index (χ0n) is 20.7. The van der Waals surface area contributed by atoms with Gasteiger partial charge in [-0.05, 0) is 37.1 Å². The van der Waals surface area contributed by atoms with Gasteiger partial charge in [-0.2, -0.15) is 0 Å². The third-order valence-corrected chi connectivity index (χ3v) is 9.78. The quantitative estimate of drug-likeness (QED) is 0.201. The van der Waals surface area contributed by atoms with Crippen LogP contribution in [-0.4, -0.2) is 46.8 Å². The van der Waals surface area contributed by atoms with E-state index in [0.717, 1.165) is 66.0 Å². The molecule has 186 valence electrons. The minimum Gasteiger partial charge on any atom is -0.361 e. The summed E-state index contributed by atoms with van der Waals surface area (Å²) in [6, 6.07) is 9.36.